The molecule has 0 aromatic carbocycles. The Hall–Kier alpha value is -1.47. The predicted octanol–water partition coefficient (Wildman–Crippen LogP) is 0.120. The maximum Gasteiger partial charge on any atom is 0.265 e. The van der Waals surface area contributed by atoms with Crippen LogP contribution in [0.2, 0.25) is 0 Å². The molecule has 1 aliphatic rings. The SMILES string of the molecule is CNC(=O)[C@@]1(C)CN(C(=O)c2cncs2)CCO1. The first-order valence-electron chi connectivity index (χ1n) is 5.61. The number of amides is 2. The molecule has 6 nitrogen and oxygen atoms in total. The third-order valence-corrected chi connectivity index (χ3v) is 3.67. The van der Waals surface area contributed by atoms with Crippen LogP contribution >= 0.6 is 11.3 Å². The highest BCUT2D eigenvalue weighted by atomic mass is 32.1. The minimum absolute atomic E-state index is 0.101. The van der Waals surface area contributed by atoms with Gasteiger partial charge in [-0.25, -0.2) is 0 Å². The van der Waals surface area contributed by atoms with E-state index < -0.39 is 5.60 Å². The monoisotopic (exact) mass is 269 g/mol. The van der Waals surface area contributed by atoms with Gasteiger partial charge in [0, 0.05) is 13.6 Å². The number of nitrogens with zero attached hydrogens (tertiary/aromatic N) is 2. The summed E-state index contributed by atoms with van der Waals surface area (Å²) in [4.78, 5) is 30.0. The fourth-order valence-electron chi connectivity index (χ4n) is 1.92. The number of thiazole rings is 1. The van der Waals surface area contributed by atoms with Crippen molar-refractivity contribution < 1.29 is 14.3 Å². The van der Waals surface area contributed by atoms with Gasteiger partial charge in [-0.1, -0.05) is 0 Å². The van der Waals surface area contributed by atoms with Crippen LogP contribution in [0.15, 0.2) is 11.7 Å². The Morgan fingerprint density at radius 3 is 3.00 bits per heavy atom. The van der Waals surface area contributed by atoms with Crippen molar-refractivity contribution in [1.82, 2.24) is 15.2 Å². The van der Waals surface area contributed by atoms with E-state index in [1.165, 1.54) is 11.3 Å². The van der Waals surface area contributed by atoms with Gasteiger partial charge in [0.1, 0.15) is 4.88 Å². The zero-order valence-electron chi connectivity index (χ0n) is 10.3. The largest absolute Gasteiger partial charge is 0.362 e. The van der Waals surface area contributed by atoms with Crippen molar-refractivity contribution in [2.24, 2.45) is 0 Å². The molecule has 1 N–H and O–H groups in total. The van der Waals surface area contributed by atoms with Gasteiger partial charge >= 0.3 is 0 Å². The lowest BCUT2D eigenvalue weighted by Crippen LogP contribution is -2.58. The molecule has 0 bridgehead atoms. The second-order valence-electron chi connectivity index (χ2n) is 4.25. The van der Waals surface area contributed by atoms with E-state index in [-0.39, 0.29) is 18.4 Å². The minimum Gasteiger partial charge on any atom is -0.362 e. The van der Waals surface area contributed by atoms with Crippen LogP contribution in [0, 0.1) is 0 Å². The van der Waals surface area contributed by atoms with Crippen LogP contribution in [-0.2, 0) is 9.53 Å². The van der Waals surface area contributed by atoms with Crippen LogP contribution in [0.1, 0.15) is 16.6 Å². The molecule has 0 saturated carbocycles. The maximum atomic E-state index is 12.2. The summed E-state index contributed by atoms with van der Waals surface area (Å²) in [6.07, 6.45) is 1.54. The van der Waals surface area contributed by atoms with E-state index in [1.807, 2.05) is 0 Å². The summed E-state index contributed by atoms with van der Waals surface area (Å²) < 4.78 is 5.50. The summed E-state index contributed by atoms with van der Waals surface area (Å²) in [6.45, 7) is 2.79. The zero-order chi connectivity index (χ0) is 13.2. The lowest BCUT2D eigenvalue weighted by atomic mass is 10.0. The van der Waals surface area contributed by atoms with Crippen molar-refractivity contribution in [3.05, 3.63) is 16.6 Å². The first-order valence-corrected chi connectivity index (χ1v) is 6.49. The van der Waals surface area contributed by atoms with E-state index in [0.29, 0.717) is 18.0 Å². The highest BCUT2D eigenvalue weighted by molar-refractivity contribution is 7.11. The molecule has 1 saturated heterocycles. The van der Waals surface area contributed by atoms with Gasteiger partial charge in [0.05, 0.1) is 24.9 Å². The fourth-order valence-corrected chi connectivity index (χ4v) is 2.51. The van der Waals surface area contributed by atoms with E-state index in [0.717, 1.165) is 0 Å². The summed E-state index contributed by atoms with van der Waals surface area (Å²) >= 11 is 1.30. The molecule has 7 heteroatoms. The van der Waals surface area contributed by atoms with Crippen molar-refractivity contribution in [3.8, 4) is 0 Å². The van der Waals surface area contributed by atoms with Gasteiger partial charge in [-0.2, -0.15) is 0 Å². The van der Waals surface area contributed by atoms with Gasteiger partial charge < -0.3 is 15.0 Å². The maximum absolute atomic E-state index is 12.2. The number of rotatable bonds is 2. The lowest BCUT2D eigenvalue weighted by molar-refractivity contribution is -0.153. The predicted molar refractivity (Wildman–Crippen MR) is 66.4 cm³/mol. The quantitative estimate of drug-likeness (QED) is 0.828. The van der Waals surface area contributed by atoms with Crippen LogP contribution in [0.25, 0.3) is 0 Å². The van der Waals surface area contributed by atoms with Gasteiger partial charge in [0.25, 0.3) is 11.8 Å². The molecule has 1 aliphatic heterocycles. The number of hydrogen-bond donors (Lipinski definition) is 1. The summed E-state index contributed by atoms with van der Waals surface area (Å²) in [6, 6.07) is 0. The highest BCUT2D eigenvalue weighted by Crippen LogP contribution is 2.20. The topological polar surface area (TPSA) is 71.5 Å². The Morgan fingerprint density at radius 2 is 2.39 bits per heavy atom. The zero-order valence-corrected chi connectivity index (χ0v) is 11.1. The highest BCUT2D eigenvalue weighted by Gasteiger charge is 2.40. The Labute approximate surface area is 109 Å². The molecule has 2 heterocycles. The number of carbonyl (C=O) groups is 2. The van der Waals surface area contributed by atoms with Gasteiger partial charge in [-0.05, 0) is 6.92 Å². The Morgan fingerprint density at radius 1 is 1.61 bits per heavy atom. The van der Waals surface area contributed by atoms with E-state index in [2.05, 4.69) is 10.3 Å². The second-order valence-corrected chi connectivity index (χ2v) is 5.14. The first kappa shape index (κ1) is 13.0. The molecule has 0 aliphatic carbocycles. The van der Waals surface area contributed by atoms with Crippen LogP contribution in [-0.4, -0.2) is 54.0 Å². The van der Waals surface area contributed by atoms with Gasteiger partial charge in [0.15, 0.2) is 5.60 Å². The molecular formula is C11H15N3O3S. The molecule has 2 rings (SSSR count). The Kier molecular flexibility index (Phi) is 3.63. The average molecular weight is 269 g/mol. The van der Waals surface area contributed by atoms with E-state index in [4.69, 9.17) is 4.74 Å². The van der Waals surface area contributed by atoms with E-state index in [1.54, 1.807) is 30.6 Å². The standard InChI is InChI=1S/C11H15N3O3S/c1-11(10(16)12-2)6-14(3-4-17-11)9(15)8-5-13-7-18-8/h5,7H,3-4,6H2,1-2H3,(H,12,16)/t11-/m1/s1. The molecule has 1 aromatic rings. The molecule has 1 atom stereocenters. The van der Waals surface area contributed by atoms with Crippen molar-refractivity contribution in [2.45, 2.75) is 12.5 Å². The number of ether oxygens (including phenoxy) is 1. The van der Waals surface area contributed by atoms with Crippen molar-refractivity contribution in [2.75, 3.05) is 26.7 Å². The fraction of sp³-hybridized carbons (Fsp3) is 0.545. The number of hydrogen-bond acceptors (Lipinski definition) is 5. The number of nitrogens with one attached hydrogen (secondary N) is 1. The number of likely N-dealkylation sites (N-methyl/N-ethyl adjacent to an activating group) is 1. The molecule has 18 heavy (non-hydrogen) atoms. The normalized spacial score (nSPS) is 23.8. The minimum atomic E-state index is -0.979. The third kappa shape index (κ3) is 2.37. The van der Waals surface area contributed by atoms with Gasteiger partial charge in [-0.3, -0.25) is 14.6 Å². The summed E-state index contributed by atoms with van der Waals surface area (Å²) in [5.74, 6) is -0.319. The smallest absolute Gasteiger partial charge is 0.265 e. The third-order valence-electron chi connectivity index (χ3n) is 2.91. The molecule has 0 unspecified atom stereocenters. The van der Waals surface area contributed by atoms with Gasteiger partial charge in [0.2, 0.25) is 0 Å². The number of aromatic nitrogens is 1. The molecule has 98 valence electrons. The van der Waals surface area contributed by atoms with Crippen molar-refractivity contribution in [3.63, 3.8) is 0 Å². The van der Waals surface area contributed by atoms with Crippen LogP contribution in [0.3, 0.4) is 0 Å². The first-order chi connectivity index (χ1) is 8.57. The molecule has 2 amide bonds. The average Bonchev–Trinajstić information content (AvgIpc) is 2.90. The lowest BCUT2D eigenvalue weighted by Gasteiger charge is -2.38. The van der Waals surface area contributed by atoms with E-state index in [9.17, 15) is 9.59 Å². The Bertz CT molecular complexity index is 448. The van der Waals surface area contributed by atoms with E-state index >= 15 is 0 Å². The van der Waals surface area contributed by atoms with Gasteiger partial charge in [-0.15, -0.1) is 11.3 Å². The Balaban J connectivity index is 2.12. The van der Waals surface area contributed by atoms with Crippen LogP contribution < -0.4 is 5.32 Å². The van der Waals surface area contributed by atoms with Crippen LogP contribution in [0.4, 0.5) is 0 Å². The molecule has 1 aromatic heterocycles. The number of carbonyl (C=O) groups excluding carboxylic acids is 2. The number of morpholine rings is 1. The molecular weight excluding hydrogens is 254 g/mol. The van der Waals surface area contributed by atoms with Crippen molar-refractivity contribution in [1.29, 1.82) is 0 Å². The second kappa shape index (κ2) is 5.03. The summed E-state index contributed by atoms with van der Waals surface area (Å²) in [5, 5.41) is 2.56. The van der Waals surface area contributed by atoms with Crippen LogP contribution in [0.5, 0.6) is 0 Å². The van der Waals surface area contributed by atoms with Crippen molar-refractivity contribution >= 4 is 23.2 Å². The summed E-state index contributed by atoms with van der Waals surface area (Å²) in [5.41, 5.74) is 0.638. The summed E-state index contributed by atoms with van der Waals surface area (Å²) in [7, 11) is 1.56. The molecule has 1 fully saturated rings. The molecule has 0 radical (unpaired) electrons. The molecule has 0 spiro atoms.